The fourth-order valence-electron chi connectivity index (χ4n) is 3.56. The van der Waals surface area contributed by atoms with E-state index in [0.29, 0.717) is 23.0 Å². The van der Waals surface area contributed by atoms with E-state index in [2.05, 4.69) is 15.5 Å². The van der Waals surface area contributed by atoms with Gasteiger partial charge in [0.05, 0.1) is 16.8 Å². The van der Waals surface area contributed by atoms with Crippen LogP contribution in [0.1, 0.15) is 24.7 Å². The van der Waals surface area contributed by atoms with Crippen LogP contribution in [0.4, 0.5) is 0 Å². The number of carbonyl (C=O) groups excluding carboxylic acids is 1. The first-order valence-corrected chi connectivity index (χ1v) is 13.3. The Bertz CT molecular complexity index is 1200. The van der Waals surface area contributed by atoms with E-state index in [4.69, 9.17) is 11.6 Å². The van der Waals surface area contributed by atoms with Crippen LogP contribution in [0.5, 0.6) is 0 Å². The van der Waals surface area contributed by atoms with Crippen LogP contribution in [0.3, 0.4) is 0 Å². The summed E-state index contributed by atoms with van der Waals surface area (Å²) in [5, 5.41) is 12.3. The number of nitrogens with zero attached hydrogens (tertiary/aromatic N) is 3. The van der Waals surface area contributed by atoms with Crippen molar-refractivity contribution in [3.05, 3.63) is 71.0 Å². The van der Waals surface area contributed by atoms with Crippen LogP contribution in [0.2, 0.25) is 5.02 Å². The van der Waals surface area contributed by atoms with E-state index in [9.17, 15) is 13.2 Å². The van der Waals surface area contributed by atoms with Crippen molar-refractivity contribution < 1.29 is 13.2 Å². The van der Waals surface area contributed by atoms with Crippen molar-refractivity contribution in [1.82, 2.24) is 20.1 Å². The molecule has 1 aromatic heterocycles. The van der Waals surface area contributed by atoms with Crippen molar-refractivity contribution in [2.45, 2.75) is 36.2 Å². The molecule has 2 unspecified atom stereocenters. The summed E-state index contributed by atoms with van der Waals surface area (Å²) in [5.74, 6) is 0.647. The van der Waals surface area contributed by atoms with Gasteiger partial charge < -0.3 is 5.32 Å². The highest BCUT2D eigenvalue weighted by Gasteiger charge is 2.30. The molecule has 4 rings (SSSR count). The number of amides is 1. The third-order valence-corrected chi connectivity index (χ3v) is 8.28. The predicted molar refractivity (Wildman–Crippen MR) is 126 cm³/mol. The van der Waals surface area contributed by atoms with Crippen molar-refractivity contribution in [3.63, 3.8) is 0 Å². The van der Waals surface area contributed by atoms with Gasteiger partial charge in [-0.3, -0.25) is 9.36 Å². The number of aromatic nitrogens is 3. The second-order valence-electron chi connectivity index (χ2n) is 7.74. The van der Waals surface area contributed by atoms with Crippen molar-refractivity contribution in [2.24, 2.45) is 0 Å². The number of halogens is 1. The topological polar surface area (TPSA) is 93.9 Å². The molecule has 10 heteroatoms. The molecule has 0 bridgehead atoms. The van der Waals surface area contributed by atoms with Crippen molar-refractivity contribution >= 4 is 39.1 Å². The first-order valence-electron chi connectivity index (χ1n) is 10.2. The van der Waals surface area contributed by atoms with Gasteiger partial charge >= 0.3 is 0 Å². The average Bonchev–Trinajstić information content (AvgIpc) is 3.31. The molecule has 2 atom stereocenters. The zero-order valence-corrected chi connectivity index (χ0v) is 19.8. The van der Waals surface area contributed by atoms with E-state index < -0.39 is 15.1 Å². The number of thioether (sulfide) groups is 1. The van der Waals surface area contributed by atoms with Gasteiger partial charge in [-0.1, -0.05) is 53.7 Å². The molecule has 1 aliphatic rings. The summed E-state index contributed by atoms with van der Waals surface area (Å²) in [6, 6.07) is 17.0. The van der Waals surface area contributed by atoms with Gasteiger partial charge in [0.25, 0.3) is 0 Å². The molecule has 32 heavy (non-hydrogen) atoms. The van der Waals surface area contributed by atoms with Gasteiger partial charge in [0.2, 0.25) is 5.91 Å². The first kappa shape index (κ1) is 22.8. The summed E-state index contributed by atoms with van der Waals surface area (Å²) in [6.07, 6.45) is 1.03. The lowest BCUT2D eigenvalue weighted by molar-refractivity contribution is -0.120. The van der Waals surface area contributed by atoms with Crippen LogP contribution < -0.4 is 5.32 Å². The minimum absolute atomic E-state index is 0.00168. The second-order valence-corrected chi connectivity index (χ2v) is 11.7. The molecule has 1 fully saturated rings. The summed E-state index contributed by atoms with van der Waals surface area (Å²) in [7, 11) is -3.06. The molecular weight excluding hydrogens is 468 g/mol. The molecule has 2 aromatic carbocycles. The number of nitrogens with one attached hydrogen (secondary N) is 1. The Morgan fingerprint density at radius 3 is 2.56 bits per heavy atom. The molecule has 0 saturated carbocycles. The lowest BCUT2D eigenvalue weighted by atomic mass is 10.1. The Balaban J connectivity index is 1.56. The summed E-state index contributed by atoms with van der Waals surface area (Å²) in [5.41, 5.74) is 1.95. The van der Waals surface area contributed by atoms with Gasteiger partial charge in [-0.2, -0.15) is 0 Å². The third-order valence-electron chi connectivity index (χ3n) is 5.22. The summed E-state index contributed by atoms with van der Waals surface area (Å²) in [4.78, 5) is 12.7. The van der Waals surface area contributed by atoms with Crippen molar-refractivity contribution in [2.75, 3.05) is 11.5 Å². The number of hydrogen-bond acceptors (Lipinski definition) is 6. The van der Waals surface area contributed by atoms with Crippen molar-refractivity contribution in [1.29, 1.82) is 0 Å². The van der Waals surface area contributed by atoms with Crippen molar-refractivity contribution in [3.8, 4) is 5.69 Å². The molecule has 1 aliphatic heterocycles. The Hall–Kier alpha value is -2.36. The molecule has 2 heterocycles. The molecule has 1 saturated heterocycles. The minimum atomic E-state index is -3.06. The lowest BCUT2D eigenvalue weighted by Gasteiger charge is -2.16. The molecular formula is C22H23ClN4O3S2. The van der Waals surface area contributed by atoms with Crippen LogP contribution in [0.25, 0.3) is 5.69 Å². The first-order chi connectivity index (χ1) is 15.3. The maximum absolute atomic E-state index is 12.7. The predicted octanol–water partition coefficient (Wildman–Crippen LogP) is 3.30. The van der Waals surface area contributed by atoms with E-state index in [-0.39, 0.29) is 23.5 Å². The van der Waals surface area contributed by atoms with Crippen LogP contribution >= 0.6 is 23.4 Å². The fourth-order valence-corrected chi connectivity index (χ4v) is 6.25. The molecule has 0 radical (unpaired) electrons. The maximum atomic E-state index is 12.7. The zero-order valence-electron chi connectivity index (χ0n) is 17.4. The van der Waals surface area contributed by atoms with Crippen LogP contribution in [-0.4, -0.2) is 51.9 Å². The Labute approximate surface area is 196 Å². The quantitative estimate of drug-likeness (QED) is 0.511. The molecule has 1 N–H and O–H groups in total. The van der Waals surface area contributed by atoms with Gasteiger partial charge in [0.15, 0.2) is 15.0 Å². The van der Waals surface area contributed by atoms with Gasteiger partial charge in [-0.25, -0.2) is 8.42 Å². The molecule has 3 aromatic rings. The standard InChI is InChI=1S/C22H23ClN4O3S2/c1-15(21(28)24-18-11-12-32(29,30)14-18)31-22-26-25-20(13-16-5-3-2-4-6-16)27(22)19-9-7-17(23)8-10-19/h2-10,15,18H,11-14H2,1H3,(H,24,28). The van der Waals surface area contributed by atoms with Crippen LogP contribution in [0.15, 0.2) is 59.8 Å². The Morgan fingerprint density at radius 2 is 1.91 bits per heavy atom. The molecule has 168 valence electrons. The smallest absolute Gasteiger partial charge is 0.233 e. The molecule has 0 spiro atoms. The molecule has 0 aliphatic carbocycles. The minimum Gasteiger partial charge on any atom is -0.351 e. The zero-order chi connectivity index (χ0) is 22.7. The summed E-state index contributed by atoms with van der Waals surface area (Å²) in [6.45, 7) is 1.78. The summed E-state index contributed by atoms with van der Waals surface area (Å²) < 4.78 is 25.3. The molecule has 1 amide bonds. The van der Waals surface area contributed by atoms with Crippen LogP contribution in [0, 0.1) is 0 Å². The highest BCUT2D eigenvalue weighted by atomic mass is 35.5. The normalized spacial score (nSPS) is 18.4. The van der Waals surface area contributed by atoms with E-state index in [1.54, 1.807) is 19.1 Å². The fraction of sp³-hybridized carbons (Fsp3) is 0.318. The van der Waals surface area contributed by atoms with Gasteiger partial charge in [0.1, 0.15) is 5.82 Å². The van der Waals surface area contributed by atoms with Gasteiger partial charge in [-0.15, -0.1) is 10.2 Å². The number of hydrogen-bond donors (Lipinski definition) is 1. The highest BCUT2D eigenvalue weighted by molar-refractivity contribution is 8.00. The number of sulfone groups is 1. The Kier molecular flexibility index (Phi) is 6.88. The largest absolute Gasteiger partial charge is 0.351 e. The Morgan fingerprint density at radius 1 is 1.19 bits per heavy atom. The van der Waals surface area contributed by atoms with Crippen LogP contribution in [-0.2, 0) is 21.1 Å². The van der Waals surface area contributed by atoms with E-state index in [1.165, 1.54) is 11.8 Å². The maximum Gasteiger partial charge on any atom is 0.233 e. The molecule has 7 nitrogen and oxygen atoms in total. The third kappa shape index (κ3) is 5.51. The second kappa shape index (κ2) is 9.64. The SMILES string of the molecule is CC(Sc1nnc(Cc2ccccc2)n1-c1ccc(Cl)cc1)C(=O)NC1CCS(=O)(=O)C1. The highest BCUT2D eigenvalue weighted by Crippen LogP contribution is 2.28. The monoisotopic (exact) mass is 490 g/mol. The lowest BCUT2D eigenvalue weighted by Crippen LogP contribution is -2.40. The number of rotatable bonds is 7. The van der Waals surface area contributed by atoms with E-state index in [0.717, 1.165) is 17.1 Å². The van der Waals surface area contributed by atoms with E-state index in [1.807, 2.05) is 47.0 Å². The van der Waals surface area contributed by atoms with Gasteiger partial charge in [-0.05, 0) is 43.2 Å². The van der Waals surface area contributed by atoms with Gasteiger partial charge in [0, 0.05) is 23.2 Å². The number of benzene rings is 2. The summed E-state index contributed by atoms with van der Waals surface area (Å²) >= 11 is 7.35. The number of carbonyl (C=O) groups is 1. The average molecular weight is 491 g/mol. The van der Waals surface area contributed by atoms with E-state index >= 15 is 0 Å².